The molecule has 2 fully saturated rings. The number of hydrogen-bond acceptors (Lipinski definition) is 6. The molecule has 0 radical (unpaired) electrons. The minimum absolute atomic E-state index is 0.107. The second-order valence-electron chi connectivity index (χ2n) is 7.54. The van der Waals surface area contributed by atoms with E-state index in [1.807, 2.05) is 11.8 Å². The molecular formula is C22H35N3O5S. The number of amides is 1. The number of carbonyl (C=O) groups is 3. The fraction of sp³-hybridized carbons (Fsp3) is 0.591. The SMILES string of the molecule is CN1CCC[C@@H]1C(=O)NCC1CCN(CCSc2ccccc2)CC1.O=CO.O=CO. The number of hydrogen-bond donors (Lipinski definition) is 3. The van der Waals surface area contributed by atoms with Gasteiger partial charge in [0, 0.05) is 23.7 Å². The zero-order valence-corrected chi connectivity index (χ0v) is 19.0. The van der Waals surface area contributed by atoms with Crippen molar-refractivity contribution in [2.24, 2.45) is 5.92 Å². The number of likely N-dealkylation sites (tertiary alicyclic amines) is 2. The third-order valence-electron chi connectivity index (χ3n) is 5.51. The maximum Gasteiger partial charge on any atom is 0.290 e. The van der Waals surface area contributed by atoms with Crippen LogP contribution < -0.4 is 5.32 Å². The van der Waals surface area contributed by atoms with Crippen LogP contribution in [0.2, 0.25) is 0 Å². The van der Waals surface area contributed by atoms with E-state index in [1.54, 1.807) is 0 Å². The van der Waals surface area contributed by atoms with Gasteiger partial charge in [0.25, 0.3) is 12.9 Å². The predicted octanol–water partition coefficient (Wildman–Crippen LogP) is 2.10. The molecule has 31 heavy (non-hydrogen) atoms. The van der Waals surface area contributed by atoms with E-state index in [0.29, 0.717) is 5.92 Å². The highest BCUT2D eigenvalue weighted by Crippen LogP contribution is 2.20. The average Bonchev–Trinajstić information content (AvgIpc) is 3.21. The maximum atomic E-state index is 12.3. The Balaban J connectivity index is 0.000000720. The molecule has 9 heteroatoms. The van der Waals surface area contributed by atoms with Gasteiger partial charge in [0.05, 0.1) is 6.04 Å². The van der Waals surface area contributed by atoms with Gasteiger partial charge in [0.1, 0.15) is 0 Å². The lowest BCUT2D eigenvalue weighted by atomic mass is 9.96. The Morgan fingerprint density at radius 1 is 1.10 bits per heavy atom. The molecule has 2 heterocycles. The van der Waals surface area contributed by atoms with Gasteiger partial charge >= 0.3 is 0 Å². The normalized spacial score (nSPS) is 19.3. The molecular weight excluding hydrogens is 418 g/mol. The van der Waals surface area contributed by atoms with Gasteiger partial charge in [-0.25, -0.2) is 0 Å². The largest absolute Gasteiger partial charge is 0.483 e. The molecule has 8 nitrogen and oxygen atoms in total. The lowest BCUT2D eigenvalue weighted by Crippen LogP contribution is -2.45. The molecule has 0 unspecified atom stereocenters. The number of thioether (sulfide) groups is 1. The highest BCUT2D eigenvalue weighted by Gasteiger charge is 2.28. The molecule has 1 atom stereocenters. The molecule has 0 bridgehead atoms. The quantitative estimate of drug-likeness (QED) is 0.425. The molecule has 0 saturated carbocycles. The van der Waals surface area contributed by atoms with Gasteiger partial charge in [-0.1, -0.05) is 18.2 Å². The molecule has 3 N–H and O–H groups in total. The summed E-state index contributed by atoms with van der Waals surface area (Å²) in [7, 11) is 2.06. The van der Waals surface area contributed by atoms with Gasteiger partial charge in [0.15, 0.2) is 0 Å². The Morgan fingerprint density at radius 3 is 2.26 bits per heavy atom. The van der Waals surface area contributed by atoms with Crippen molar-refractivity contribution in [3.05, 3.63) is 30.3 Å². The van der Waals surface area contributed by atoms with Crippen LogP contribution in [0, 0.1) is 5.92 Å². The monoisotopic (exact) mass is 453 g/mol. The lowest BCUT2D eigenvalue weighted by molar-refractivity contribution is -0.125. The molecule has 1 amide bonds. The van der Waals surface area contributed by atoms with E-state index in [2.05, 4.69) is 52.5 Å². The van der Waals surface area contributed by atoms with Gasteiger partial charge < -0.3 is 20.4 Å². The van der Waals surface area contributed by atoms with Gasteiger partial charge in [-0.05, 0) is 70.4 Å². The zero-order valence-electron chi connectivity index (χ0n) is 18.2. The Hall–Kier alpha value is -2.10. The van der Waals surface area contributed by atoms with Crippen LogP contribution >= 0.6 is 11.8 Å². The van der Waals surface area contributed by atoms with Crippen LogP contribution in [0.4, 0.5) is 0 Å². The van der Waals surface area contributed by atoms with Crippen molar-refractivity contribution < 1.29 is 24.6 Å². The topological polar surface area (TPSA) is 110 Å². The number of nitrogens with zero attached hydrogens (tertiary/aromatic N) is 2. The van der Waals surface area contributed by atoms with Crippen LogP contribution in [0.15, 0.2) is 35.2 Å². The number of nitrogens with one attached hydrogen (secondary N) is 1. The summed E-state index contributed by atoms with van der Waals surface area (Å²) in [6.45, 7) is 4.90. The number of likely N-dealkylation sites (N-methyl/N-ethyl adjacent to an activating group) is 1. The minimum Gasteiger partial charge on any atom is -0.483 e. The number of carbonyl (C=O) groups excluding carboxylic acids is 1. The first kappa shape index (κ1) is 26.9. The van der Waals surface area contributed by atoms with E-state index in [-0.39, 0.29) is 24.9 Å². The van der Waals surface area contributed by atoms with Crippen molar-refractivity contribution in [3.63, 3.8) is 0 Å². The molecule has 0 aliphatic carbocycles. The molecule has 0 aromatic heterocycles. The van der Waals surface area contributed by atoms with Crippen molar-refractivity contribution in [3.8, 4) is 0 Å². The molecule has 1 aromatic carbocycles. The third kappa shape index (κ3) is 11.2. The number of rotatable bonds is 7. The van der Waals surface area contributed by atoms with Crippen LogP contribution in [0.1, 0.15) is 25.7 Å². The minimum atomic E-state index is -0.250. The summed E-state index contributed by atoms with van der Waals surface area (Å²) in [5.41, 5.74) is 0. The summed E-state index contributed by atoms with van der Waals surface area (Å²) < 4.78 is 0. The van der Waals surface area contributed by atoms with Gasteiger partial charge in [0.2, 0.25) is 5.91 Å². The van der Waals surface area contributed by atoms with E-state index >= 15 is 0 Å². The van der Waals surface area contributed by atoms with Crippen molar-refractivity contribution in [2.75, 3.05) is 45.5 Å². The summed E-state index contributed by atoms with van der Waals surface area (Å²) in [5.74, 6) is 2.04. The number of piperidine rings is 1. The highest BCUT2D eigenvalue weighted by molar-refractivity contribution is 7.99. The Kier molecular flexibility index (Phi) is 14.4. The first-order chi connectivity index (χ1) is 15.0. The molecule has 1 aromatic rings. The van der Waals surface area contributed by atoms with Crippen molar-refractivity contribution in [1.82, 2.24) is 15.1 Å². The average molecular weight is 454 g/mol. The fourth-order valence-corrected chi connectivity index (χ4v) is 4.76. The molecule has 2 aliphatic rings. The molecule has 2 saturated heterocycles. The zero-order chi connectivity index (χ0) is 22.9. The van der Waals surface area contributed by atoms with Crippen LogP contribution in [0.25, 0.3) is 0 Å². The van der Waals surface area contributed by atoms with Crippen molar-refractivity contribution in [2.45, 2.75) is 36.6 Å². The van der Waals surface area contributed by atoms with Crippen LogP contribution in [0.3, 0.4) is 0 Å². The van der Waals surface area contributed by atoms with E-state index in [9.17, 15) is 4.79 Å². The summed E-state index contributed by atoms with van der Waals surface area (Å²) in [6.07, 6.45) is 4.57. The van der Waals surface area contributed by atoms with Crippen LogP contribution in [-0.4, -0.2) is 90.4 Å². The molecule has 3 rings (SSSR count). The number of benzene rings is 1. The summed E-state index contributed by atoms with van der Waals surface area (Å²) >= 11 is 1.94. The smallest absolute Gasteiger partial charge is 0.290 e. The van der Waals surface area contributed by atoms with Gasteiger partial charge in [-0.3, -0.25) is 19.3 Å². The van der Waals surface area contributed by atoms with E-state index in [1.165, 1.54) is 30.8 Å². The summed E-state index contributed by atoms with van der Waals surface area (Å²) in [6, 6.07) is 10.7. The fourth-order valence-electron chi connectivity index (χ4n) is 3.83. The van der Waals surface area contributed by atoms with E-state index in [0.717, 1.165) is 38.2 Å². The predicted molar refractivity (Wildman–Crippen MR) is 122 cm³/mol. The summed E-state index contributed by atoms with van der Waals surface area (Å²) in [5, 5.41) is 17.0. The molecule has 174 valence electrons. The van der Waals surface area contributed by atoms with Gasteiger partial charge in [-0.15, -0.1) is 11.8 Å². The second-order valence-corrected chi connectivity index (χ2v) is 8.71. The Labute approximate surface area is 189 Å². The first-order valence-corrected chi connectivity index (χ1v) is 11.6. The first-order valence-electron chi connectivity index (χ1n) is 10.6. The molecule has 2 aliphatic heterocycles. The standard InChI is InChI=1S/C20H31N3OS.2CH2O2/c1-22-11-5-8-19(22)20(24)21-16-17-9-12-23(13-10-17)14-15-25-18-6-3-2-4-7-18;2*2-1-3/h2-4,6-7,17,19H,5,8-16H2,1H3,(H,21,24);2*1H,(H,2,3)/t19-;;/m1../s1. The van der Waals surface area contributed by atoms with Crippen molar-refractivity contribution >= 4 is 30.6 Å². The lowest BCUT2D eigenvalue weighted by Gasteiger charge is -2.32. The third-order valence-corrected chi connectivity index (χ3v) is 6.51. The van der Waals surface area contributed by atoms with E-state index < -0.39 is 0 Å². The van der Waals surface area contributed by atoms with Crippen molar-refractivity contribution in [1.29, 1.82) is 0 Å². The second kappa shape index (κ2) is 16.6. The maximum absolute atomic E-state index is 12.3. The Bertz CT molecular complexity index is 621. The van der Waals surface area contributed by atoms with Crippen LogP contribution in [0.5, 0.6) is 0 Å². The molecule has 0 spiro atoms. The highest BCUT2D eigenvalue weighted by atomic mass is 32.2. The van der Waals surface area contributed by atoms with Crippen LogP contribution in [-0.2, 0) is 14.4 Å². The Morgan fingerprint density at radius 2 is 1.71 bits per heavy atom. The van der Waals surface area contributed by atoms with Gasteiger partial charge in [-0.2, -0.15) is 0 Å². The van der Waals surface area contributed by atoms with E-state index in [4.69, 9.17) is 19.8 Å². The summed E-state index contributed by atoms with van der Waals surface area (Å²) in [4.78, 5) is 35.1. The number of carboxylic acid groups (broad SMARTS) is 2.